The molecular weight excluding hydrogens is 150 g/mol. The van der Waals surface area contributed by atoms with Crippen LogP contribution in [0.3, 0.4) is 0 Å². The summed E-state index contributed by atoms with van der Waals surface area (Å²) < 4.78 is 5.33. The number of hydrogen-bond acceptors (Lipinski definition) is 4. The third-order valence-electron chi connectivity index (χ3n) is 1.16. The van der Waals surface area contributed by atoms with E-state index in [9.17, 15) is 9.59 Å². The molecule has 0 aliphatic rings. The number of nitrogens with one attached hydrogen (secondary N) is 1. The van der Waals surface area contributed by atoms with Crippen molar-refractivity contribution in [3.05, 3.63) is 27.0 Å². The van der Waals surface area contributed by atoms with Gasteiger partial charge < -0.3 is 10.6 Å². The first-order valence-electron chi connectivity index (χ1n) is 2.80. The van der Waals surface area contributed by atoms with E-state index in [4.69, 9.17) is 5.84 Å². The summed E-state index contributed by atoms with van der Waals surface area (Å²) in [5.74, 6) is 5.13. The summed E-state index contributed by atoms with van der Waals surface area (Å²) >= 11 is 0. The number of nitrogens with two attached hydrogens (primary N) is 1. The minimum absolute atomic E-state index is 0.00657. The molecule has 0 fully saturated rings. The Balaban J connectivity index is 3.45. The molecule has 0 aliphatic carbocycles. The zero-order valence-electron chi connectivity index (χ0n) is 5.83. The van der Waals surface area contributed by atoms with E-state index >= 15 is 0 Å². The molecule has 6 heteroatoms. The maximum absolute atomic E-state index is 10.8. The number of aromatic amines is 1. The van der Waals surface area contributed by atoms with E-state index in [0.717, 1.165) is 10.9 Å². The fourth-order valence-electron chi connectivity index (χ4n) is 0.612. The maximum atomic E-state index is 10.8. The molecule has 60 valence electrons. The zero-order valence-corrected chi connectivity index (χ0v) is 5.83. The number of ether oxygens (including phenoxy) is 1. The van der Waals surface area contributed by atoms with Crippen molar-refractivity contribution in [2.45, 2.75) is 0 Å². The number of nitrogen functional groups attached to an aromatic ring is 1. The number of H-pyrrole nitrogens is 1. The van der Waals surface area contributed by atoms with E-state index in [1.54, 1.807) is 0 Å². The molecule has 3 N–H and O–H groups in total. The number of nitrogens with zero attached hydrogens (tertiary/aromatic N) is 1. The highest BCUT2D eigenvalue weighted by Gasteiger charge is 2.00. The van der Waals surface area contributed by atoms with E-state index in [2.05, 4.69) is 4.74 Å². The Labute approximate surface area is 61.2 Å². The molecule has 0 aliphatic heterocycles. The van der Waals surface area contributed by atoms with E-state index in [-0.39, 0.29) is 5.75 Å². The lowest BCUT2D eigenvalue weighted by molar-refractivity contribution is 0.402. The van der Waals surface area contributed by atoms with Crippen molar-refractivity contribution >= 4 is 0 Å². The molecule has 0 saturated carbocycles. The lowest BCUT2D eigenvalue weighted by Gasteiger charge is -1.99. The molecule has 11 heavy (non-hydrogen) atoms. The Bertz CT molecular complexity index is 364. The van der Waals surface area contributed by atoms with Crippen molar-refractivity contribution in [1.82, 2.24) is 9.66 Å². The third kappa shape index (κ3) is 1.23. The van der Waals surface area contributed by atoms with Crippen LogP contribution in [0.4, 0.5) is 0 Å². The Kier molecular flexibility index (Phi) is 1.67. The van der Waals surface area contributed by atoms with Crippen molar-refractivity contribution in [2.24, 2.45) is 0 Å². The van der Waals surface area contributed by atoms with Crippen LogP contribution in [0.2, 0.25) is 0 Å². The molecular formula is C5H7N3O3. The summed E-state index contributed by atoms with van der Waals surface area (Å²) in [6, 6.07) is 0. The second kappa shape index (κ2) is 2.49. The van der Waals surface area contributed by atoms with E-state index < -0.39 is 11.2 Å². The fourth-order valence-corrected chi connectivity index (χ4v) is 0.612. The Morgan fingerprint density at radius 2 is 2.27 bits per heavy atom. The van der Waals surface area contributed by atoms with Crippen LogP contribution in [0.15, 0.2) is 15.8 Å². The van der Waals surface area contributed by atoms with Crippen molar-refractivity contribution < 1.29 is 4.74 Å². The molecule has 0 atom stereocenters. The summed E-state index contributed by atoms with van der Waals surface area (Å²) in [5.41, 5.74) is -1.25. The van der Waals surface area contributed by atoms with Gasteiger partial charge in [-0.1, -0.05) is 0 Å². The second-order valence-corrected chi connectivity index (χ2v) is 1.86. The Hall–Kier alpha value is -1.72. The number of rotatable bonds is 1. The van der Waals surface area contributed by atoms with Gasteiger partial charge in [0.15, 0.2) is 0 Å². The van der Waals surface area contributed by atoms with Gasteiger partial charge in [-0.2, -0.15) is 0 Å². The fraction of sp³-hybridized carbons (Fsp3) is 0.200. The van der Waals surface area contributed by atoms with Crippen molar-refractivity contribution in [3.8, 4) is 5.75 Å². The summed E-state index contributed by atoms with van der Waals surface area (Å²) in [6.07, 6.45) is 1.11. The van der Waals surface area contributed by atoms with Crippen LogP contribution in [0.25, 0.3) is 0 Å². The normalized spacial score (nSPS) is 9.55. The van der Waals surface area contributed by atoms with Crippen LogP contribution in [0, 0.1) is 0 Å². The van der Waals surface area contributed by atoms with Gasteiger partial charge in [0.2, 0.25) is 5.75 Å². The molecule has 0 unspecified atom stereocenters. The standard InChI is InChI=1S/C5H7N3O3/c1-11-3-2-8(6)5(10)7-4(3)9/h2H,6H2,1H3,(H,7,9,10). The molecule has 0 radical (unpaired) electrons. The first-order valence-corrected chi connectivity index (χ1v) is 2.80. The molecule has 0 spiro atoms. The Morgan fingerprint density at radius 3 is 2.82 bits per heavy atom. The van der Waals surface area contributed by atoms with Crippen molar-refractivity contribution in [1.29, 1.82) is 0 Å². The Morgan fingerprint density at radius 1 is 1.64 bits per heavy atom. The first-order chi connectivity index (χ1) is 5.15. The van der Waals surface area contributed by atoms with Gasteiger partial charge in [0, 0.05) is 0 Å². The van der Waals surface area contributed by atoms with E-state index in [1.165, 1.54) is 7.11 Å². The highest BCUT2D eigenvalue weighted by molar-refractivity contribution is 5.11. The number of hydrogen-bond donors (Lipinski definition) is 2. The number of aromatic nitrogens is 2. The molecule has 0 bridgehead atoms. The zero-order chi connectivity index (χ0) is 8.43. The molecule has 1 rings (SSSR count). The molecule has 6 nitrogen and oxygen atoms in total. The molecule has 1 aromatic rings. The summed E-state index contributed by atoms with van der Waals surface area (Å²) in [7, 11) is 1.31. The van der Waals surface area contributed by atoms with Gasteiger partial charge in [0.05, 0.1) is 13.3 Å². The maximum Gasteiger partial charge on any atom is 0.346 e. The topological polar surface area (TPSA) is 90.1 Å². The van der Waals surface area contributed by atoms with Gasteiger partial charge in [-0.3, -0.25) is 9.78 Å². The first kappa shape index (κ1) is 7.39. The van der Waals surface area contributed by atoms with Crippen LogP contribution < -0.4 is 21.8 Å². The SMILES string of the molecule is COc1cn(N)c(=O)[nH]c1=O. The molecule has 1 heterocycles. The quantitative estimate of drug-likeness (QED) is 0.473. The van der Waals surface area contributed by atoms with Gasteiger partial charge in [-0.25, -0.2) is 9.47 Å². The third-order valence-corrected chi connectivity index (χ3v) is 1.16. The highest BCUT2D eigenvalue weighted by atomic mass is 16.5. The van der Waals surface area contributed by atoms with Gasteiger partial charge in [-0.05, 0) is 0 Å². The molecule has 0 amide bonds. The van der Waals surface area contributed by atoms with Gasteiger partial charge in [0.1, 0.15) is 0 Å². The monoisotopic (exact) mass is 157 g/mol. The summed E-state index contributed by atoms with van der Waals surface area (Å²) in [6.45, 7) is 0. The van der Waals surface area contributed by atoms with Crippen molar-refractivity contribution in [2.75, 3.05) is 13.0 Å². The molecule has 0 aromatic carbocycles. The molecule has 0 saturated heterocycles. The largest absolute Gasteiger partial charge is 0.490 e. The average molecular weight is 157 g/mol. The highest BCUT2D eigenvalue weighted by Crippen LogP contribution is 1.92. The number of methoxy groups -OCH3 is 1. The summed E-state index contributed by atoms with van der Waals surface area (Å²) in [4.78, 5) is 23.4. The van der Waals surface area contributed by atoms with E-state index in [0.29, 0.717) is 0 Å². The van der Waals surface area contributed by atoms with Gasteiger partial charge >= 0.3 is 5.69 Å². The van der Waals surface area contributed by atoms with Crippen LogP contribution in [-0.4, -0.2) is 16.8 Å². The van der Waals surface area contributed by atoms with Gasteiger partial charge in [-0.15, -0.1) is 0 Å². The second-order valence-electron chi connectivity index (χ2n) is 1.86. The predicted octanol–water partition coefficient (Wildman–Crippen LogP) is -1.74. The van der Waals surface area contributed by atoms with Gasteiger partial charge in [0.25, 0.3) is 5.56 Å². The smallest absolute Gasteiger partial charge is 0.346 e. The minimum Gasteiger partial charge on any atom is -0.490 e. The van der Waals surface area contributed by atoms with E-state index in [1.807, 2.05) is 4.98 Å². The lowest BCUT2D eigenvalue weighted by Crippen LogP contribution is -2.34. The minimum atomic E-state index is -0.671. The van der Waals surface area contributed by atoms with Crippen LogP contribution >= 0.6 is 0 Å². The predicted molar refractivity (Wildman–Crippen MR) is 38.0 cm³/mol. The average Bonchev–Trinajstić information content (AvgIpc) is 1.97. The van der Waals surface area contributed by atoms with Crippen LogP contribution in [0.1, 0.15) is 0 Å². The van der Waals surface area contributed by atoms with Crippen molar-refractivity contribution in [3.63, 3.8) is 0 Å². The lowest BCUT2D eigenvalue weighted by atomic mass is 10.6. The van der Waals surface area contributed by atoms with Crippen LogP contribution in [-0.2, 0) is 0 Å². The molecule has 1 aromatic heterocycles. The summed E-state index contributed by atoms with van der Waals surface area (Å²) in [5, 5.41) is 0. The van der Waals surface area contributed by atoms with Crippen LogP contribution in [0.5, 0.6) is 5.75 Å².